The molecule has 0 aromatic carbocycles. The van der Waals surface area contributed by atoms with Crippen LogP contribution in [0.15, 0.2) is 23.8 Å². The summed E-state index contributed by atoms with van der Waals surface area (Å²) in [5, 5.41) is 8.60. The summed E-state index contributed by atoms with van der Waals surface area (Å²) in [7, 11) is 0. The molecule has 2 aromatic heterocycles. The van der Waals surface area contributed by atoms with Crippen LogP contribution in [-0.2, 0) is 0 Å². The Kier molecular flexibility index (Phi) is 1.25. The summed E-state index contributed by atoms with van der Waals surface area (Å²) in [6.45, 7) is 0. The fourth-order valence-electron chi connectivity index (χ4n) is 0.733. The van der Waals surface area contributed by atoms with Crippen molar-refractivity contribution in [3.05, 3.63) is 23.8 Å². The second-order valence-corrected chi connectivity index (χ2v) is 2.75. The third-order valence-corrected chi connectivity index (χ3v) is 2.02. The second-order valence-electron chi connectivity index (χ2n) is 1.80. The average Bonchev–Trinajstić information content (AvgIpc) is 2.59. The van der Waals surface area contributed by atoms with E-state index in [1.807, 2.05) is 17.5 Å². The maximum absolute atomic E-state index is 4.00. The van der Waals surface area contributed by atoms with Gasteiger partial charge in [0.05, 0.1) is 4.88 Å². The number of nitrogens with one attached hydrogen (secondary N) is 1. The molecular formula is C6H5N3S. The van der Waals surface area contributed by atoms with Gasteiger partial charge in [-0.3, -0.25) is 5.10 Å². The Morgan fingerprint density at radius 3 is 3.10 bits per heavy atom. The van der Waals surface area contributed by atoms with Crippen molar-refractivity contribution >= 4 is 11.3 Å². The lowest BCUT2D eigenvalue weighted by Gasteiger charge is -1.81. The van der Waals surface area contributed by atoms with E-state index in [0.717, 1.165) is 10.7 Å². The van der Waals surface area contributed by atoms with Crippen molar-refractivity contribution in [1.82, 2.24) is 15.2 Å². The number of H-pyrrole nitrogens is 1. The molecule has 2 heterocycles. The zero-order valence-electron chi connectivity index (χ0n) is 5.11. The van der Waals surface area contributed by atoms with Gasteiger partial charge in [0, 0.05) is 0 Å². The molecule has 2 aromatic rings. The van der Waals surface area contributed by atoms with Crippen LogP contribution in [-0.4, -0.2) is 15.2 Å². The number of hydrogen-bond acceptors (Lipinski definition) is 3. The molecule has 0 fully saturated rings. The van der Waals surface area contributed by atoms with Gasteiger partial charge in [0.2, 0.25) is 0 Å². The third-order valence-electron chi connectivity index (χ3n) is 1.16. The van der Waals surface area contributed by atoms with Crippen LogP contribution >= 0.6 is 11.3 Å². The summed E-state index contributed by atoms with van der Waals surface area (Å²) < 4.78 is 0. The highest BCUT2D eigenvalue weighted by atomic mass is 32.1. The van der Waals surface area contributed by atoms with E-state index in [-0.39, 0.29) is 0 Å². The fourth-order valence-corrected chi connectivity index (χ4v) is 1.40. The van der Waals surface area contributed by atoms with Crippen molar-refractivity contribution in [2.75, 3.05) is 0 Å². The molecule has 1 N–H and O–H groups in total. The highest BCUT2D eigenvalue weighted by Gasteiger charge is 1.99. The van der Waals surface area contributed by atoms with E-state index in [0.29, 0.717) is 0 Å². The molecule has 0 atom stereocenters. The topological polar surface area (TPSA) is 41.6 Å². The Morgan fingerprint density at radius 1 is 1.50 bits per heavy atom. The van der Waals surface area contributed by atoms with Gasteiger partial charge in [0.15, 0.2) is 5.82 Å². The molecule has 2 rings (SSSR count). The van der Waals surface area contributed by atoms with Gasteiger partial charge in [0.25, 0.3) is 0 Å². The van der Waals surface area contributed by atoms with Crippen molar-refractivity contribution in [3.63, 3.8) is 0 Å². The number of nitrogens with zero attached hydrogens (tertiary/aromatic N) is 2. The van der Waals surface area contributed by atoms with Crippen LogP contribution in [0, 0.1) is 0 Å². The van der Waals surface area contributed by atoms with Crippen LogP contribution in [0.5, 0.6) is 0 Å². The summed E-state index contributed by atoms with van der Waals surface area (Å²) in [5.74, 6) is 0.773. The van der Waals surface area contributed by atoms with Crippen LogP contribution in [0.3, 0.4) is 0 Å². The summed E-state index contributed by atoms with van der Waals surface area (Å²) in [6, 6.07) is 3.98. The summed E-state index contributed by atoms with van der Waals surface area (Å²) in [5.41, 5.74) is 0. The van der Waals surface area contributed by atoms with Crippen molar-refractivity contribution in [3.8, 4) is 10.7 Å². The molecule has 4 heteroatoms. The summed E-state index contributed by atoms with van der Waals surface area (Å²) >= 11 is 1.64. The molecule has 0 bridgehead atoms. The van der Waals surface area contributed by atoms with Gasteiger partial charge in [-0.1, -0.05) is 6.07 Å². The summed E-state index contributed by atoms with van der Waals surface area (Å²) in [4.78, 5) is 5.10. The van der Waals surface area contributed by atoms with Gasteiger partial charge in [-0.15, -0.1) is 11.3 Å². The molecule has 0 aliphatic rings. The van der Waals surface area contributed by atoms with Gasteiger partial charge >= 0.3 is 0 Å². The van der Waals surface area contributed by atoms with E-state index < -0.39 is 0 Å². The first-order valence-electron chi connectivity index (χ1n) is 2.86. The Hall–Kier alpha value is -1.16. The van der Waals surface area contributed by atoms with Crippen molar-refractivity contribution < 1.29 is 0 Å². The van der Waals surface area contributed by atoms with E-state index >= 15 is 0 Å². The number of rotatable bonds is 1. The molecule has 0 amide bonds. The lowest BCUT2D eigenvalue weighted by Crippen LogP contribution is -1.72. The molecule has 10 heavy (non-hydrogen) atoms. The van der Waals surface area contributed by atoms with Crippen LogP contribution in [0.2, 0.25) is 0 Å². The van der Waals surface area contributed by atoms with E-state index in [1.54, 1.807) is 17.7 Å². The monoisotopic (exact) mass is 151 g/mol. The second kappa shape index (κ2) is 2.22. The fraction of sp³-hybridized carbons (Fsp3) is 0. The zero-order chi connectivity index (χ0) is 6.81. The molecule has 0 aliphatic carbocycles. The standard InChI is InChI=1S/C6H5N3S/c1-2-5(10-3-1)6-7-4-8-9-6/h1-4H,(H,7,8,9). The first-order valence-corrected chi connectivity index (χ1v) is 3.74. The SMILES string of the molecule is c1csc(-c2nc[nH]n2)c1. The molecule has 50 valence electrons. The number of hydrogen-bond donors (Lipinski definition) is 1. The molecular weight excluding hydrogens is 146 g/mol. The molecule has 3 nitrogen and oxygen atoms in total. The first-order chi connectivity index (χ1) is 4.97. The van der Waals surface area contributed by atoms with Crippen LogP contribution in [0.1, 0.15) is 0 Å². The molecule has 0 saturated heterocycles. The number of thiophene rings is 1. The van der Waals surface area contributed by atoms with E-state index in [2.05, 4.69) is 15.2 Å². The highest BCUT2D eigenvalue weighted by Crippen LogP contribution is 2.18. The van der Waals surface area contributed by atoms with Gasteiger partial charge < -0.3 is 0 Å². The van der Waals surface area contributed by atoms with Crippen LogP contribution < -0.4 is 0 Å². The van der Waals surface area contributed by atoms with Crippen LogP contribution in [0.4, 0.5) is 0 Å². The van der Waals surface area contributed by atoms with E-state index in [9.17, 15) is 0 Å². The Morgan fingerprint density at radius 2 is 2.50 bits per heavy atom. The van der Waals surface area contributed by atoms with Crippen LogP contribution in [0.25, 0.3) is 10.7 Å². The van der Waals surface area contributed by atoms with Crippen molar-refractivity contribution in [2.45, 2.75) is 0 Å². The Balaban J connectivity index is 2.48. The number of aromatic amines is 1. The molecule has 0 radical (unpaired) electrons. The predicted octanol–water partition coefficient (Wildman–Crippen LogP) is 1.53. The lowest BCUT2D eigenvalue weighted by molar-refractivity contribution is 1.10. The zero-order valence-corrected chi connectivity index (χ0v) is 5.93. The van der Waals surface area contributed by atoms with Gasteiger partial charge in [-0.05, 0) is 11.4 Å². The van der Waals surface area contributed by atoms with Gasteiger partial charge in [-0.2, -0.15) is 5.10 Å². The normalized spacial score (nSPS) is 10.0. The van der Waals surface area contributed by atoms with E-state index in [4.69, 9.17) is 0 Å². The molecule has 0 aliphatic heterocycles. The van der Waals surface area contributed by atoms with Gasteiger partial charge in [-0.25, -0.2) is 4.98 Å². The predicted molar refractivity (Wildman–Crippen MR) is 39.7 cm³/mol. The Bertz CT molecular complexity index is 252. The lowest BCUT2D eigenvalue weighted by atomic mass is 10.5. The smallest absolute Gasteiger partial charge is 0.190 e. The minimum absolute atomic E-state index is 0.773. The minimum atomic E-state index is 0.773. The van der Waals surface area contributed by atoms with Gasteiger partial charge in [0.1, 0.15) is 6.33 Å². The van der Waals surface area contributed by atoms with E-state index in [1.165, 1.54) is 0 Å². The largest absolute Gasteiger partial charge is 0.265 e. The quantitative estimate of drug-likeness (QED) is 0.671. The highest BCUT2D eigenvalue weighted by molar-refractivity contribution is 7.13. The maximum atomic E-state index is 4.00. The maximum Gasteiger partial charge on any atom is 0.190 e. The van der Waals surface area contributed by atoms with Crippen molar-refractivity contribution in [2.24, 2.45) is 0 Å². The minimum Gasteiger partial charge on any atom is -0.265 e. The first kappa shape index (κ1) is 5.61. The molecule has 0 saturated carbocycles. The molecule has 0 unspecified atom stereocenters. The third kappa shape index (κ3) is 0.823. The average molecular weight is 151 g/mol. The van der Waals surface area contributed by atoms with Crippen molar-refractivity contribution in [1.29, 1.82) is 0 Å². The Labute approximate surface area is 61.7 Å². The summed E-state index contributed by atoms with van der Waals surface area (Å²) in [6.07, 6.45) is 1.58. The molecule has 0 spiro atoms. The number of aromatic nitrogens is 3.